The standard InChI is InChI=1S/C14H26O4S/c1-2-3-4-5-6-7-8-12(14(17)18)11-19-10-9-13(15)16/h12H,2-11H2,1H3,(H,15,16)(H,17,18). The number of hydrogen-bond donors (Lipinski definition) is 2. The number of carboxylic acid groups (broad SMARTS) is 2. The molecule has 0 aliphatic heterocycles. The quantitative estimate of drug-likeness (QED) is 0.506. The maximum absolute atomic E-state index is 11.1. The Balaban J connectivity index is 3.63. The van der Waals surface area contributed by atoms with Crippen LogP contribution in [-0.4, -0.2) is 33.7 Å². The number of carboxylic acids is 2. The molecule has 0 heterocycles. The molecule has 0 aliphatic carbocycles. The van der Waals surface area contributed by atoms with Crippen molar-refractivity contribution in [1.29, 1.82) is 0 Å². The van der Waals surface area contributed by atoms with Crippen molar-refractivity contribution >= 4 is 23.7 Å². The molecule has 0 aromatic rings. The van der Waals surface area contributed by atoms with Crippen LogP contribution in [0.3, 0.4) is 0 Å². The molecular formula is C14H26O4S. The van der Waals surface area contributed by atoms with E-state index in [0.717, 1.165) is 12.8 Å². The zero-order valence-electron chi connectivity index (χ0n) is 11.8. The Bertz CT molecular complexity index is 256. The number of aliphatic carboxylic acids is 2. The molecule has 5 heteroatoms. The highest BCUT2D eigenvalue weighted by molar-refractivity contribution is 7.99. The predicted molar refractivity (Wildman–Crippen MR) is 78.7 cm³/mol. The highest BCUT2D eigenvalue weighted by atomic mass is 32.2. The smallest absolute Gasteiger partial charge is 0.307 e. The van der Waals surface area contributed by atoms with Gasteiger partial charge in [-0.3, -0.25) is 9.59 Å². The topological polar surface area (TPSA) is 74.6 Å². The Morgan fingerprint density at radius 3 is 2.26 bits per heavy atom. The van der Waals surface area contributed by atoms with Crippen LogP contribution in [0.25, 0.3) is 0 Å². The second-order valence-corrected chi connectivity index (χ2v) is 5.96. The summed E-state index contributed by atoms with van der Waals surface area (Å²) in [6.07, 6.45) is 7.78. The maximum atomic E-state index is 11.1. The van der Waals surface area contributed by atoms with Gasteiger partial charge in [-0.2, -0.15) is 11.8 Å². The van der Waals surface area contributed by atoms with E-state index in [4.69, 9.17) is 10.2 Å². The molecule has 19 heavy (non-hydrogen) atoms. The van der Waals surface area contributed by atoms with Crippen molar-refractivity contribution in [2.45, 2.75) is 58.3 Å². The van der Waals surface area contributed by atoms with Crippen LogP contribution in [0.1, 0.15) is 58.3 Å². The number of thioether (sulfide) groups is 1. The first kappa shape index (κ1) is 18.3. The Morgan fingerprint density at radius 1 is 1.05 bits per heavy atom. The van der Waals surface area contributed by atoms with E-state index in [1.54, 1.807) is 0 Å². The van der Waals surface area contributed by atoms with E-state index in [0.29, 0.717) is 17.9 Å². The van der Waals surface area contributed by atoms with Gasteiger partial charge in [0.2, 0.25) is 0 Å². The molecule has 0 rings (SSSR count). The van der Waals surface area contributed by atoms with Crippen LogP contribution in [-0.2, 0) is 9.59 Å². The van der Waals surface area contributed by atoms with Crippen molar-refractivity contribution in [3.05, 3.63) is 0 Å². The van der Waals surface area contributed by atoms with Crippen LogP contribution in [0.2, 0.25) is 0 Å². The lowest BCUT2D eigenvalue weighted by molar-refractivity contribution is -0.141. The third-order valence-corrected chi connectivity index (χ3v) is 4.17. The molecule has 1 atom stereocenters. The van der Waals surface area contributed by atoms with Crippen molar-refractivity contribution in [3.8, 4) is 0 Å². The Morgan fingerprint density at radius 2 is 1.68 bits per heavy atom. The molecular weight excluding hydrogens is 264 g/mol. The summed E-state index contributed by atoms with van der Waals surface area (Å²) in [5.74, 6) is -0.885. The molecule has 0 saturated heterocycles. The Kier molecular flexibility index (Phi) is 11.9. The highest BCUT2D eigenvalue weighted by Crippen LogP contribution is 2.18. The van der Waals surface area contributed by atoms with Crippen molar-refractivity contribution < 1.29 is 19.8 Å². The van der Waals surface area contributed by atoms with Crippen LogP contribution in [0, 0.1) is 5.92 Å². The monoisotopic (exact) mass is 290 g/mol. The molecule has 0 bridgehead atoms. The fourth-order valence-corrected chi connectivity index (χ4v) is 2.91. The summed E-state index contributed by atoms with van der Waals surface area (Å²) in [7, 11) is 0. The molecule has 0 aromatic carbocycles. The minimum Gasteiger partial charge on any atom is -0.481 e. The summed E-state index contributed by atoms with van der Waals surface area (Å²) in [5.41, 5.74) is 0. The van der Waals surface area contributed by atoms with Gasteiger partial charge in [0.25, 0.3) is 0 Å². The zero-order chi connectivity index (χ0) is 14.5. The van der Waals surface area contributed by atoms with Crippen molar-refractivity contribution in [1.82, 2.24) is 0 Å². The largest absolute Gasteiger partial charge is 0.481 e. The van der Waals surface area contributed by atoms with Crippen molar-refractivity contribution in [2.75, 3.05) is 11.5 Å². The third-order valence-electron chi connectivity index (χ3n) is 3.03. The third kappa shape index (κ3) is 12.1. The molecule has 112 valence electrons. The Labute approximate surface area is 120 Å². The highest BCUT2D eigenvalue weighted by Gasteiger charge is 2.16. The molecule has 2 N–H and O–H groups in total. The average Bonchev–Trinajstić information content (AvgIpc) is 2.35. The molecule has 4 nitrogen and oxygen atoms in total. The van der Waals surface area contributed by atoms with Gasteiger partial charge in [0.05, 0.1) is 12.3 Å². The van der Waals surface area contributed by atoms with E-state index in [9.17, 15) is 9.59 Å². The average molecular weight is 290 g/mol. The van der Waals surface area contributed by atoms with Crippen LogP contribution >= 0.6 is 11.8 Å². The van der Waals surface area contributed by atoms with Gasteiger partial charge < -0.3 is 10.2 Å². The van der Waals surface area contributed by atoms with Crippen LogP contribution in [0.15, 0.2) is 0 Å². The van der Waals surface area contributed by atoms with Crippen LogP contribution < -0.4 is 0 Å². The Hall–Kier alpha value is -0.710. The van der Waals surface area contributed by atoms with E-state index in [1.807, 2.05) is 0 Å². The first-order chi connectivity index (χ1) is 9.07. The second-order valence-electron chi connectivity index (χ2n) is 4.81. The number of unbranched alkanes of at least 4 members (excludes halogenated alkanes) is 5. The van der Waals surface area contributed by atoms with E-state index < -0.39 is 11.9 Å². The van der Waals surface area contributed by atoms with Gasteiger partial charge in [-0.25, -0.2) is 0 Å². The molecule has 0 radical (unpaired) electrons. The predicted octanol–water partition coefficient (Wildman–Crippen LogP) is 3.65. The summed E-state index contributed by atoms with van der Waals surface area (Å²) >= 11 is 1.43. The molecule has 0 aromatic heterocycles. The van der Waals surface area contributed by atoms with Gasteiger partial charge in [0.1, 0.15) is 0 Å². The number of carbonyl (C=O) groups is 2. The lowest BCUT2D eigenvalue weighted by Crippen LogP contribution is -2.16. The maximum Gasteiger partial charge on any atom is 0.307 e. The summed E-state index contributed by atoms with van der Waals surface area (Å²) in [4.78, 5) is 21.4. The van der Waals surface area contributed by atoms with E-state index in [1.165, 1.54) is 37.4 Å². The molecule has 0 fully saturated rings. The minimum absolute atomic E-state index is 0.105. The van der Waals surface area contributed by atoms with Gasteiger partial charge in [0, 0.05) is 11.5 Å². The van der Waals surface area contributed by atoms with Gasteiger partial charge in [-0.05, 0) is 6.42 Å². The molecule has 1 unspecified atom stereocenters. The summed E-state index contributed by atoms with van der Waals surface area (Å²) < 4.78 is 0. The minimum atomic E-state index is -0.824. The van der Waals surface area contributed by atoms with Gasteiger partial charge in [-0.15, -0.1) is 0 Å². The first-order valence-electron chi connectivity index (χ1n) is 7.10. The van der Waals surface area contributed by atoms with Gasteiger partial charge in [0.15, 0.2) is 0 Å². The van der Waals surface area contributed by atoms with E-state index >= 15 is 0 Å². The summed E-state index contributed by atoms with van der Waals surface area (Å²) in [6.45, 7) is 2.18. The van der Waals surface area contributed by atoms with Crippen LogP contribution in [0.5, 0.6) is 0 Å². The number of rotatable bonds is 13. The van der Waals surface area contributed by atoms with Gasteiger partial charge in [-0.1, -0.05) is 45.4 Å². The molecule has 0 spiro atoms. The second kappa shape index (κ2) is 12.3. The van der Waals surface area contributed by atoms with Gasteiger partial charge >= 0.3 is 11.9 Å². The van der Waals surface area contributed by atoms with E-state index in [-0.39, 0.29) is 12.3 Å². The molecule has 0 saturated carbocycles. The van der Waals surface area contributed by atoms with E-state index in [2.05, 4.69) is 6.92 Å². The van der Waals surface area contributed by atoms with Crippen molar-refractivity contribution in [2.24, 2.45) is 5.92 Å². The first-order valence-corrected chi connectivity index (χ1v) is 8.25. The van der Waals surface area contributed by atoms with Crippen LogP contribution in [0.4, 0.5) is 0 Å². The SMILES string of the molecule is CCCCCCCCC(CSCCC(=O)O)C(=O)O. The number of hydrogen-bond acceptors (Lipinski definition) is 3. The van der Waals surface area contributed by atoms with Crippen molar-refractivity contribution in [3.63, 3.8) is 0 Å². The molecule has 0 amide bonds. The summed E-state index contributed by atoms with van der Waals surface area (Å²) in [5, 5.41) is 17.6. The molecule has 0 aliphatic rings. The normalized spacial score (nSPS) is 12.3. The zero-order valence-corrected chi connectivity index (χ0v) is 12.6. The fraction of sp³-hybridized carbons (Fsp3) is 0.857. The lowest BCUT2D eigenvalue weighted by Gasteiger charge is -2.11. The lowest BCUT2D eigenvalue weighted by atomic mass is 10.0. The summed E-state index contributed by atoms with van der Waals surface area (Å²) in [6, 6.07) is 0. The fourth-order valence-electron chi connectivity index (χ4n) is 1.83.